The van der Waals surface area contributed by atoms with Crippen molar-refractivity contribution in [2.45, 2.75) is 19.9 Å². The van der Waals surface area contributed by atoms with Crippen LogP contribution in [0.1, 0.15) is 34.5 Å². The molecule has 1 aromatic carbocycles. The first-order valence-corrected chi connectivity index (χ1v) is 6.99. The third kappa shape index (κ3) is 3.60. The first-order chi connectivity index (χ1) is 9.99. The summed E-state index contributed by atoms with van der Waals surface area (Å²) >= 11 is 0. The van der Waals surface area contributed by atoms with E-state index >= 15 is 0 Å². The molecule has 1 amide bonds. The SMILES string of the molecule is Cc1ccccc1C(C)Nc1ccc(C(=O)N(C)C)cn1. The highest BCUT2D eigenvalue weighted by Crippen LogP contribution is 2.21. The summed E-state index contributed by atoms with van der Waals surface area (Å²) in [6.07, 6.45) is 1.61. The first kappa shape index (κ1) is 15.0. The number of pyridine rings is 1. The predicted octanol–water partition coefficient (Wildman–Crippen LogP) is 3.26. The van der Waals surface area contributed by atoms with Gasteiger partial charge in [-0.05, 0) is 37.1 Å². The molecule has 2 rings (SSSR count). The van der Waals surface area contributed by atoms with Crippen molar-refractivity contribution >= 4 is 11.7 Å². The molecule has 1 heterocycles. The molecular formula is C17H21N3O. The Bertz CT molecular complexity index is 620. The minimum Gasteiger partial charge on any atom is -0.364 e. The summed E-state index contributed by atoms with van der Waals surface area (Å²) in [5.41, 5.74) is 3.08. The van der Waals surface area contributed by atoms with Gasteiger partial charge in [-0.25, -0.2) is 4.98 Å². The van der Waals surface area contributed by atoms with Crippen molar-refractivity contribution in [3.05, 3.63) is 59.3 Å². The molecule has 0 aliphatic carbocycles. The van der Waals surface area contributed by atoms with Gasteiger partial charge < -0.3 is 10.2 Å². The van der Waals surface area contributed by atoms with Crippen molar-refractivity contribution in [2.75, 3.05) is 19.4 Å². The Morgan fingerprint density at radius 1 is 1.19 bits per heavy atom. The van der Waals surface area contributed by atoms with Gasteiger partial charge in [-0.15, -0.1) is 0 Å². The Kier molecular flexibility index (Phi) is 4.58. The van der Waals surface area contributed by atoms with Crippen LogP contribution < -0.4 is 5.32 Å². The summed E-state index contributed by atoms with van der Waals surface area (Å²) in [7, 11) is 3.46. The molecular weight excluding hydrogens is 262 g/mol. The Morgan fingerprint density at radius 3 is 2.48 bits per heavy atom. The molecule has 1 atom stereocenters. The fourth-order valence-corrected chi connectivity index (χ4v) is 2.24. The normalized spacial score (nSPS) is 11.8. The van der Waals surface area contributed by atoms with Crippen molar-refractivity contribution in [3.8, 4) is 0 Å². The van der Waals surface area contributed by atoms with E-state index in [1.807, 2.05) is 18.2 Å². The summed E-state index contributed by atoms with van der Waals surface area (Å²) < 4.78 is 0. The van der Waals surface area contributed by atoms with Crippen molar-refractivity contribution < 1.29 is 4.79 Å². The fraction of sp³-hybridized carbons (Fsp3) is 0.294. The molecule has 0 radical (unpaired) electrons. The second kappa shape index (κ2) is 6.39. The number of nitrogens with one attached hydrogen (secondary N) is 1. The number of aromatic nitrogens is 1. The van der Waals surface area contributed by atoms with Gasteiger partial charge in [-0.3, -0.25) is 4.79 Å². The van der Waals surface area contributed by atoms with Crippen LogP contribution in [0.2, 0.25) is 0 Å². The molecule has 0 saturated carbocycles. The van der Waals surface area contributed by atoms with Crippen LogP contribution in [0.25, 0.3) is 0 Å². The van der Waals surface area contributed by atoms with Crippen molar-refractivity contribution in [2.24, 2.45) is 0 Å². The molecule has 0 fully saturated rings. The number of hydrogen-bond donors (Lipinski definition) is 1. The van der Waals surface area contributed by atoms with Crippen LogP contribution in [0.15, 0.2) is 42.6 Å². The highest BCUT2D eigenvalue weighted by atomic mass is 16.2. The Morgan fingerprint density at radius 2 is 1.90 bits per heavy atom. The highest BCUT2D eigenvalue weighted by Gasteiger charge is 2.10. The Hall–Kier alpha value is -2.36. The smallest absolute Gasteiger partial charge is 0.254 e. The van der Waals surface area contributed by atoms with Crippen molar-refractivity contribution in [1.82, 2.24) is 9.88 Å². The number of carbonyl (C=O) groups is 1. The zero-order valence-corrected chi connectivity index (χ0v) is 12.9. The van der Waals surface area contributed by atoms with E-state index in [9.17, 15) is 4.79 Å². The quantitative estimate of drug-likeness (QED) is 0.936. The number of nitrogens with zero attached hydrogens (tertiary/aromatic N) is 2. The van der Waals surface area contributed by atoms with Crippen LogP contribution in [-0.4, -0.2) is 29.9 Å². The number of benzene rings is 1. The Balaban J connectivity index is 2.10. The van der Waals surface area contributed by atoms with Gasteiger partial charge in [0.1, 0.15) is 5.82 Å². The van der Waals surface area contributed by atoms with E-state index in [0.717, 1.165) is 5.82 Å². The molecule has 1 aromatic heterocycles. The highest BCUT2D eigenvalue weighted by molar-refractivity contribution is 5.93. The van der Waals surface area contributed by atoms with Gasteiger partial charge in [-0.2, -0.15) is 0 Å². The van der Waals surface area contributed by atoms with Crippen LogP contribution in [0, 0.1) is 6.92 Å². The number of hydrogen-bond acceptors (Lipinski definition) is 3. The minimum absolute atomic E-state index is 0.0407. The zero-order chi connectivity index (χ0) is 15.4. The van der Waals surface area contributed by atoms with Crippen LogP contribution in [-0.2, 0) is 0 Å². The standard InChI is InChI=1S/C17H21N3O/c1-12-7-5-6-8-15(12)13(2)19-16-10-9-14(11-18-16)17(21)20(3)4/h5-11,13H,1-4H3,(H,18,19). The number of carbonyl (C=O) groups excluding carboxylic acids is 1. The van der Waals surface area contributed by atoms with Gasteiger partial charge in [0, 0.05) is 20.3 Å². The lowest BCUT2D eigenvalue weighted by Crippen LogP contribution is -2.21. The second-order valence-corrected chi connectivity index (χ2v) is 5.35. The Labute approximate surface area is 125 Å². The van der Waals surface area contributed by atoms with Gasteiger partial charge in [0.25, 0.3) is 5.91 Å². The topological polar surface area (TPSA) is 45.2 Å². The number of amides is 1. The van der Waals surface area contributed by atoms with Gasteiger partial charge in [0.05, 0.1) is 11.6 Å². The van der Waals surface area contributed by atoms with Gasteiger partial charge in [0.15, 0.2) is 0 Å². The van der Waals surface area contributed by atoms with E-state index in [2.05, 4.69) is 36.3 Å². The van der Waals surface area contributed by atoms with E-state index in [1.54, 1.807) is 31.3 Å². The van der Waals surface area contributed by atoms with E-state index in [-0.39, 0.29) is 11.9 Å². The maximum absolute atomic E-state index is 11.8. The van der Waals surface area contributed by atoms with Gasteiger partial charge >= 0.3 is 0 Å². The van der Waals surface area contributed by atoms with Crippen LogP contribution in [0.3, 0.4) is 0 Å². The lowest BCUT2D eigenvalue weighted by molar-refractivity contribution is 0.0827. The summed E-state index contributed by atoms with van der Waals surface area (Å²) in [5, 5.41) is 3.36. The van der Waals surface area contributed by atoms with Gasteiger partial charge in [-0.1, -0.05) is 24.3 Å². The van der Waals surface area contributed by atoms with Crippen molar-refractivity contribution in [3.63, 3.8) is 0 Å². The maximum Gasteiger partial charge on any atom is 0.254 e. The van der Waals surface area contributed by atoms with E-state index in [1.165, 1.54) is 11.1 Å². The molecule has 1 unspecified atom stereocenters. The third-order valence-corrected chi connectivity index (χ3v) is 3.44. The summed E-state index contributed by atoms with van der Waals surface area (Å²) in [6, 6.07) is 12.1. The molecule has 110 valence electrons. The summed E-state index contributed by atoms with van der Waals surface area (Å²) in [4.78, 5) is 17.7. The van der Waals surface area contributed by atoms with Crippen LogP contribution in [0.5, 0.6) is 0 Å². The molecule has 21 heavy (non-hydrogen) atoms. The zero-order valence-electron chi connectivity index (χ0n) is 12.9. The molecule has 0 aliphatic heterocycles. The second-order valence-electron chi connectivity index (χ2n) is 5.35. The van der Waals surface area contributed by atoms with Crippen LogP contribution in [0.4, 0.5) is 5.82 Å². The molecule has 4 heteroatoms. The average Bonchev–Trinajstić information content (AvgIpc) is 2.47. The van der Waals surface area contributed by atoms with Crippen molar-refractivity contribution in [1.29, 1.82) is 0 Å². The lowest BCUT2D eigenvalue weighted by atomic mass is 10.0. The molecule has 0 aliphatic rings. The molecule has 0 bridgehead atoms. The molecule has 0 saturated heterocycles. The van der Waals surface area contributed by atoms with Crippen LogP contribution >= 0.6 is 0 Å². The van der Waals surface area contributed by atoms with Gasteiger partial charge in [0.2, 0.25) is 0 Å². The van der Waals surface area contributed by atoms with E-state index in [0.29, 0.717) is 5.56 Å². The first-order valence-electron chi connectivity index (χ1n) is 6.99. The number of anilines is 1. The summed E-state index contributed by atoms with van der Waals surface area (Å²) in [5.74, 6) is 0.724. The minimum atomic E-state index is -0.0407. The molecule has 0 spiro atoms. The predicted molar refractivity (Wildman–Crippen MR) is 85.5 cm³/mol. The average molecular weight is 283 g/mol. The lowest BCUT2D eigenvalue weighted by Gasteiger charge is -2.17. The maximum atomic E-state index is 11.8. The monoisotopic (exact) mass is 283 g/mol. The number of rotatable bonds is 4. The van der Waals surface area contributed by atoms with E-state index in [4.69, 9.17) is 0 Å². The molecule has 4 nitrogen and oxygen atoms in total. The molecule has 2 aromatic rings. The largest absolute Gasteiger partial charge is 0.364 e. The van der Waals surface area contributed by atoms with E-state index < -0.39 is 0 Å². The summed E-state index contributed by atoms with van der Waals surface area (Å²) in [6.45, 7) is 4.20. The number of aryl methyl sites for hydroxylation is 1. The fourth-order valence-electron chi connectivity index (χ4n) is 2.24. The third-order valence-electron chi connectivity index (χ3n) is 3.44. The molecule has 1 N–H and O–H groups in total.